The molecule has 0 saturated heterocycles. The topological polar surface area (TPSA) is 86.7 Å². The highest BCUT2D eigenvalue weighted by Crippen LogP contribution is 2.00. The first kappa shape index (κ1) is 9.79. The molecule has 1 heterocycles. The summed E-state index contributed by atoms with van der Waals surface area (Å²) in [5.41, 5.74) is 5.65. The summed E-state index contributed by atoms with van der Waals surface area (Å²) in [6.07, 6.45) is 1.39. The average Bonchev–Trinajstić information content (AvgIpc) is 2.55. The summed E-state index contributed by atoms with van der Waals surface area (Å²) in [6, 6.07) is -0.441. The number of carbonyl (C=O) groups excluding carboxylic acids is 1. The van der Waals surface area contributed by atoms with Crippen molar-refractivity contribution in [1.29, 1.82) is 0 Å². The molecule has 1 aromatic rings. The van der Waals surface area contributed by atoms with Crippen LogP contribution in [0.1, 0.15) is 13.8 Å². The van der Waals surface area contributed by atoms with E-state index in [1.165, 1.54) is 11.0 Å². The van der Waals surface area contributed by atoms with E-state index >= 15 is 0 Å². The van der Waals surface area contributed by atoms with Crippen molar-refractivity contribution in [1.82, 2.24) is 20.2 Å². The molecule has 1 unspecified atom stereocenters. The third-order valence-electron chi connectivity index (χ3n) is 1.80. The van der Waals surface area contributed by atoms with Gasteiger partial charge in [-0.05, 0) is 16.3 Å². The Labute approximate surface area is 76.1 Å². The second kappa shape index (κ2) is 4.08. The molecule has 2 N–H and O–H groups in total. The summed E-state index contributed by atoms with van der Waals surface area (Å²) >= 11 is 0. The van der Waals surface area contributed by atoms with Gasteiger partial charge in [-0.2, -0.15) is 0 Å². The van der Waals surface area contributed by atoms with E-state index in [1.54, 1.807) is 0 Å². The van der Waals surface area contributed by atoms with Gasteiger partial charge in [0.1, 0.15) is 12.9 Å². The van der Waals surface area contributed by atoms with Crippen molar-refractivity contribution in [3.05, 3.63) is 6.33 Å². The molecule has 0 aliphatic heterocycles. The van der Waals surface area contributed by atoms with Crippen LogP contribution >= 0.6 is 0 Å². The molecule has 0 fully saturated rings. The van der Waals surface area contributed by atoms with Crippen LogP contribution in [0.4, 0.5) is 0 Å². The minimum absolute atomic E-state index is 0.0534. The maximum atomic E-state index is 11.4. The quantitative estimate of drug-likeness (QED) is 0.662. The first-order chi connectivity index (χ1) is 6.11. The largest absolute Gasteiger partial charge is 0.321 e. The van der Waals surface area contributed by atoms with Crippen LogP contribution in [-0.4, -0.2) is 32.0 Å². The number of ketones is 1. The van der Waals surface area contributed by atoms with Gasteiger partial charge in [-0.3, -0.25) is 4.79 Å². The molecule has 72 valence electrons. The molecule has 0 saturated carbocycles. The Morgan fingerprint density at radius 1 is 1.62 bits per heavy atom. The van der Waals surface area contributed by atoms with Crippen LogP contribution < -0.4 is 5.73 Å². The number of carbonyl (C=O) groups is 1. The molecule has 13 heavy (non-hydrogen) atoms. The Kier molecular flexibility index (Phi) is 3.07. The lowest BCUT2D eigenvalue weighted by Gasteiger charge is -2.13. The maximum Gasteiger partial charge on any atom is 0.171 e. The Hall–Kier alpha value is -1.30. The first-order valence-electron chi connectivity index (χ1n) is 4.10. The van der Waals surface area contributed by atoms with E-state index in [2.05, 4.69) is 15.5 Å². The molecule has 0 radical (unpaired) electrons. The lowest BCUT2D eigenvalue weighted by molar-refractivity contribution is -0.121. The Bertz CT molecular complexity index is 268. The molecule has 6 nitrogen and oxygen atoms in total. The second-order valence-corrected chi connectivity index (χ2v) is 3.24. The Balaban J connectivity index is 2.51. The Morgan fingerprint density at radius 3 is 2.77 bits per heavy atom. The fourth-order valence-electron chi connectivity index (χ4n) is 0.890. The molecule has 1 rings (SSSR count). The highest BCUT2D eigenvalue weighted by Gasteiger charge is 2.17. The predicted octanol–water partition coefficient (Wildman–Crippen LogP) is -0.774. The number of aromatic nitrogens is 4. The minimum atomic E-state index is -0.441. The molecule has 0 amide bonds. The molecule has 1 aromatic heterocycles. The predicted molar refractivity (Wildman–Crippen MR) is 45.6 cm³/mol. The molecule has 0 aliphatic carbocycles. The molecule has 0 aliphatic rings. The fraction of sp³-hybridized carbons (Fsp3) is 0.714. The lowest BCUT2D eigenvalue weighted by Crippen LogP contribution is -2.37. The molecular formula is C7H13N5O. The molecular weight excluding hydrogens is 170 g/mol. The molecule has 1 atom stereocenters. The third-order valence-corrected chi connectivity index (χ3v) is 1.80. The van der Waals surface area contributed by atoms with Crippen LogP contribution in [0.2, 0.25) is 0 Å². The zero-order valence-electron chi connectivity index (χ0n) is 7.71. The first-order valence-corrected chi connectivity index (χ1v) is 4.10. The lowest BCUT2D eigenvalue weighted by atomic mass is 10.0. The van der Waals surface area contributed by atoms with E-state index in [0.29, 0.717) is 0 Å². The number of hydrogen-bond donors (Lipinski definition) is 1. The van der Waals surface area contributed by atoms with Gasteiger partial charge in [0.15, 0.2) is 5.78 Å². The van der Waals surface area contributed by atoms with Gasteiger partial charge < -0.3 is 5.73 Å². The molecule has 0 bridgehead atoms. The van der Waals surface area contributed by atoms with Gasteiger partial charge >= 0.3 is 0 Å². The average molecular weight is 183 g/mol. The standard InChI is InChI=1S/C7H13N5O/c1-5(2)7(8)6(13)3-12-4-9-10-11-12/h4-5,7H,3,8H2,1-2H3. The summed E-state index contributed by atoms with van der Waals surface area (Å²) in [4.78, 5) is 11.4. The van der Waals surface area contributed by atoms with E-state index in [4.69, 9.17) is 5.73 Å². The van der Waals surface area contributed by atoms with Gasteiger partial charge in [-0.1, -0.05) is 13.8 Å². The van der Waals surface area contributed by atoms with Crippen molar-refractivity contribution >= 4 is 5.78 Å². The van der Waals surface area contributed by atoms with Crippen LogP contribution in [0, 0.1) is 5.92 Å². The van der Waals surface area contributed by atoms with Gasteiger partial charge in [-0.15, -0.1) is 5.10 Å². The summed E-state index contributed by atoms with van der Waals surface area (Å²) in [5.74, 6) is 0.0891. The number of hydrogen-bond acceptors (Lipinski definition) is 5. The number of Topliss-reactive ketones (excluding diaryl/α,β-unsaturated/α-hetero) is 1. The van der Waals surface area contributed by atoms with Gasteiger partial charge in [0.05, 0.1) is 6.04 Å². The molecule has 0 aromatic carbocycles. The van der Waals surface area contributed by atoms with Crippen molar-refractivity contribution in [3.8, 4) is 0 Å². The van der Waals surface area contributed by atoms with Crippen LogP contribution in [0.5, 0.6) is 0 Å². The van der Waals surface area contributed by atoms with Crippen molar-refractivity contribution in [2.24, 2.45) is 11.7 Å². The van der Waals surface area contributed by atoms with Crippen LogP contribution in [0.15, 0.2) is 6.33 Å². The van der Waals surface area contributed by atoms with Crippen LogP contribution in [0.3, 0.4) is 0 Å². The maximum absolute atomic E-state index is 11.4. The van der Waals surface area contributed by atoms with E-state index in [9.17, 15) is 4.79 Å². The van der Waals surface area contributed by atoms with Gasteiger partial charge in [-0.25, -0.2) is 4.68 Å². The van der Waals surface area contributed by atoms with Crippen molar-refractivity contribution < 1.29 is 4.79 Å². The molecule has 0 spiro atoms. The zero-order valence-corrected chi connectivity index (χ0v) is 7.71. The number of nitrogens with two attached hydrogens (primary N) is 1. The van der Waals surface area contributed by atoms with Crippen molar-refractivity contribution in [2.75, 3.05) is 0 Å². The smallest absolute Gasteiger partial charge is 0.171 e. The van der Waals surface area contributed by atoms with E-state index < -0.39 is 6.04 Å². The summed E-state index contributed by atoms with van der Waals surface area (Å²) < 4.78 is 1.37. The zero-order chi connectivity index (χ0) is 9.84. The van der Waals surface area contributed by atoms with Gasteiger partial charge in [0.25, 0.3) is 0 Å². The molecule has 6 heteroatoms. The van der Waals surface area contributed by atoms with E-state index in [-0.39, 0.29) is 18.2 Å². The van der Waals surface area contributed by atoms with E-state index in [0.717, 1.165) is 0 Å². The third kappa shape index (κ3) is 2.59. The second-order valence-electron chi connectivity index (χ2n) is 3.24. The summed E-state index contributed by atoms with van der Waals surface area (Å²) in [6.45, 7) is 3.96. The Morgan fingerprint density at radius 2 is 2.31 bits per heavy atom. The normalized spacial score (nSPS) is 13.2. The number of nitrogens with zero attached hydrogens (tertiary/aromatic N) is 4. The summed E-state index contributed by atoms with van der Waals surface area (Å²) in [7, 11) is 0. The number of rotatable bonds is 4. The highest BCUT2D eigenvalue weighted by molar-refractivity contribution is 5.83. The van der Waals surface area contributed by atoms with Gasteiger partial charge in [0.2, 0.25) is 0 Å². The van der Waals surface area contributed by atoms with Crippen molar-refractivity contribution in [2.45, 2.75) is 26.4 Å². The van der Waals surface area contributed by atoms with Crippen LogP contribution in [0.25, 0.3) is 0 Å². The monoisotopic (exact) mass is 183 g/mol. The fourth-order valence-corrected chi connectivity index (χ4v) is 0.890. The van der Waals surface area contributed by atoms with Gasteiger partial charge in [0, 0.05) is 0 Å². The SMILES string of the molecule is CC(C)C(N)C(=O)Cn1cnnn1. The highest BCUT2D eigenvalue weighted by atomic mass is 16.1. The number of tetrazole rings is 1. The van der Waals surface area contributed by atoms with Crippen LogP contribution in [-0.2, 0) is 11.3 Å². The van der Waals surface area contributed by atoms with Crippen molar-refractivity contribution in [3.63, 3.8) is 0 Å². The summed E-state index contributed by atoms with van der Waals surface area (Å²) in [5, 5.41) is 10.4. The van der Waals surface area contributed by atoms with E-state index in [1.807, 2.05) is 13.8 Å². The minimum Gasteiger partial charge on any atom is -0.321 e.